The molecule has 1 saturated heterocycles. The van der Waals surface area contributed by atoms with Gasteiger partial charge in [0.15, 0.2) is 5.82 Å². The molecular weight excluding hydrogens is 289 g/mol. The SMILES string of the molecule is COCCNc1cc(N2CC[C@@H](N)C2)cnn1.Cl.Cl. The molecule has 2 heterocycles. The number of aromatic nitrogens is 2. The molecular formula is C11H21Cl2N5O. The molecule has 1 aromatic rings. The summed E-state index contributed by atoms with van der Waals surface area (Å²) in [5, 5.41) is 11.2. The number of rotatable bonds is 5. The molecule has 0 aliphatic carbocycles. The third-order valence-electron chi connectivity index (χ3n) is 2.84. The van der Waals surface area contributed by atoms with E-state index in [1.165, 1.54) is 0 Å². The van der Waals surface area contributed by atoms with Crippen LogP contribution in [0.4, 0.5) is 11.5 Å². The lowest BCUT2D eigenvalue weighted by Gasteiger charge is -2.17. The van der Waals surface area contributed by atoms with Gasteiger partial charge in [-0.05, 0) is 6.42 Å². The van der Waals surface area contributed by atoms with Crippen LogP contribution in [0.3, 0.4) is 0 Å². The highest BCUT2D eigenvalue weighted by molar-refractivity contribution is 5.85. The van der Waals surface area contributed by atoms with Gasteiger partial charge in [0.1, 0.15) is 0 Å². The van der Waals surface area contributed by atoms with Crippen molar-refractivity contribution in [2.75, 3.05) is 43.6 Å². The molecule has 8 heteroatoms. The van der Waals surface area contributed by atoms with Crippen molar-refractivity contribution in [1.82, 2.24) is 10.2 Å². The second-order valence-corrected chi connectivity index (χ2v) is 4.21. The van der Waals surface area contributed by atoms with E-state index in [2.05, 4.69) is 20.4 Å². The van der Waals surface area contributed by atoms with Gasteiger partial charge in [-0.15, -0.1) is 29.9 Å². The van der Waals surface area contributed by atoms with E-state index < -0.39 is 0 Å². The van der Waals surface area contributed by atoms with Crippen molar-refractivity contribution in [3.63, 3.8) is 0 Å². The van der Waals surface area contributed by atoms with E-state index in [9.17, 15) is 0 Å². The fourth-order valence-corrected chi connectivity index (χ4v) is 1.92. The smallest absolute Gasteiger partial charge is 0.150 e. The lowest BCUT2D eigenvalue weighted by atomic mass is 10.3. The van der Waals surface area contributed by atoms with E-state index in [-0.39, 0.29) is 30.9 Å². The summed E-state index contributed by atoms with van der Waals surface area (Å²) < 4.78 is 4.97. The number of halogens is 2. The Kier molecular flexibility index (Phi) is 8.75. The summed E-state index contributed by atoms with van der Waals surface area (Å²) in [6, 6.07) is 2.27. The Morgan fingerprint density at radius 2 is 2.32 bits per heavy atom. The second-order valence-electron chi connectivity index (χ2n) is 4.21. The molecule has 6 nitrogen and oxygen atoms in total. The van der Waals surface area contributed by atoms with Crippen LogP contribution in [-0.2, 0) is 4.74 Å². The van der Waals surface area contributed by atoms with Crippen LogP contribution in [0.15, 0.2) is 12.3 Å². The molecule has 3 N–H and O–H groups in total. The predicted octanol–water partition coefficient (Wildman–Crippen LogP) is 0.916. The van der Waals surface area contributed by atoms with Crippen molar-refractivity contribution in [2.45, 2.75) is 12.5 Å². The van der Waals surface area contributed by atoms with Gasteiger partial charge in [-0.1, -0.05) is 0 Å². The van der Waals surface area contributed by atoms with Crippen LogP contribution in [0.25, 0.3) is 0 Å². The third-order valence-corrected chi connectivity index (χ3v) is 2.84. The molecule has 1 atom stereocenters. The molecule has 1 aromatic heterocycles. The number of anilines is 2. The van der Waals surface area contributed by atoms with Crippen LogP contribution < -0.4 is 16.0 Å². The third kappa shape index (κ3) is 5.36. The highest BCUT2D eigenvalue weighted by atomic mass is 35.5. The van der Waals surface area contributed by atoms with Crippen molar-refractivity contribution in [2.24, 2.45) is 5.73 Å². The molecule has 0 spiro atoms. The maximum Gasteiger partial charge on any atom is 0.150 e. The van der Waals surface area contributed by atoms with E-state index in [4.69, 9.17) is 10.5 Å². The first-order valence-electron chi connectivity index (χ1n) is 5.85. The predicted molar refractivity (Wildman–Crippen MR) is 81.7 cm³/mol. The fourth-order valence-electron chi connectivity index (χ4n) is 1.92. The Bertz CT molecular complexity index is 369. The molecule has 1 fully saturated rings. The van der Waals surface area contributed by atoms with Gasteiger partial charge in [-0.25, -0.2) is 0 Å². The van der Waals surface area contributed by atoms with Crippen LogP contribution in [0, 0.1) is 0 Å². The summed E-state index contributed by atoms with van der Waals surface area (Å²) in [5.74, 6) is 0.778. The van der Waals surface area contributed by atoms with Crippen molar-refractivity contribution in [3.05, 3.63) is 12.3 Å². The van der Waals surface area contributed by atoms with Gasteiger partial charge < -0.3 is 20.7 Å². The van der Waals surface area contributed by atoms with E-state index in [1.54, 1.807) is 13.3 Å². The van der Waals surface area contributed by atoms with Crippen LogP contribution >= 0.6 is 24.8 Å². The van der Waals surface area contributed by atoms with Crippen molar-refractivity contribution in [1.29, 1.82) is 0 Å². The molecule has 0 radical (unpaired) electrons. The Morgan fingerprint density at radius 3 is 2.95 bits per heavy atom. The fraction of sp³-hybridized carbons (Fsp3) is 0.636. The van der Waals surface area contributed by atoms with E-state index in [0.29, 0.717) is 6.61 Å². The van der Waals surface area contributed by atoms with Crippen molar-refractivity contribution >= 4 is 36.3 Å². The minimum atomic E-state index is 0. The topological polar surface area (TPSA) is 76.3 Å². The number of nitrogens with one attached hydrogen (secondary N) is 1. The Labute approximate surface area is 125 Å². The van der Waals surface area contributed by atoms with Gasteiger partial charge in [0.25, 0.3) is 0 Å². The van der Waals surface area contributed by atoms with Crippen molar-refractivity contribution < 1.29 is 4.74 Å². The molecule has 110 valence electrons. The largest absolute Gasteiger partial charge is 0.383 e. The number of ether oxygens (including phenoxy) is 1. The van der Waals surface area contributed by atoms with E-state index >= 15 is 0 Å². The summed E-state index contributed by atoms with van der Waals surface area (Å²) in [6.07, 6.45) is 2.81. The Hall–Kier alpha value is -0.820. The average Bonchev–Trinajstić information content (AvgIpc) is 2.77. The molecule has 1 aliphatic rings. The Morgan fingerprint density at radius 1 is 1.53 bits per heavy atom. The summed E-state index contributed by atoms with van der Waals surface area (Å²) in [4.78, 5) is 2.24. The molecule has 1 aliphatic heterocycles. The molecule has 0 saturated carbocycles. The Balaban J connectivity index is 0.00000162. The number of hydrogen-bond donors (Lipinski definition) is 2. The summed E-state index contributed by atoms with van der Waals surface area (Å²) >= 11 is 0. The normalized spacial score (nSPS) is 17.6. The monoisotopic (exact) mass is 309 g/mol. The highest BCUT2D eigenvalue weighted by Gasteiger charge is 2.19. The van der Waals surface area contributed by atoms with Crippen LogP contribution in [-0.4, -0.2) is 49.6 Å². The van der Waals surface area contributed by atoms with Crippen molar-refractivity contribution in [3.8, 4) is 0 Å². The molecule has 0 aromatic carbocycles. The lowest BCUT2D eigenvalue weighted by Crippen LogP contribution is -2.26. The van der Waals surface area contributed by atoms with Gasteiger partial charge in [-0.3, -0.25) is 0 Å². The molecule has 0 unspecified atom stereocenters. The minimum absolute atomic E-state index is 0. The van der Waals surface area contributed by atoms with E-state index in [1.807, 2.05) is 6.07 Å². The summed E-state index contributed by atoms with van der Waals surface area (Å²) in [5.41, 5.74) is 6.97. The van der Waals surface area contributed by atoms with Gasteiger partial charge in [-0.2, -0.15) is 5.10 Å². The molecule has 19 heavy (non-hydrogen) atoms. The molecule has 0 amide bonds. The zero-order chi connectivity index (χ0) is 12.1. The van der Waals surface area contributed by atoms with Crippen LogP contribution in [0.2, 0.25) is 0 Å². The molecule has 0 bridgehead atoms. The number of nitrogens with two attached hydrogens (primary N) is 1. The second kappa shape index (κ2) is 9.14. The number of nitrogens with zero attached hydrogens (tertiary/aromatic N) is 3. The first-order valence-corrected chi connectivity index (χ1v) is 5.85. The summed E-state index contributed by atoms with van der Waals surface area (Å²) in [6.45, 7) is 3.27. The van der Waals surface area contributed by atoms with E-state index in [0.717, 1.165) is 37.6 Å². The van der Waals surface area contributed by atoms with Gasteiger partial charge in [0.05, 0.1) is 18.5 Å². The zero-order valence-electron chi connectivity index (χ0n) is 10.9. The number of hydrogen-bond acceptors (Lipinski definition) is 6. The maximum atomic E-state index is 5.89. The zero-order valence-corrected chi connectivity index (χ0v) is 12.5. The standard InChI is InChI=1S/C11H19N5O.2ClH/c1-17-5-3-13-11-6-10(7-14-15-11)16-4-2-9(12)8-16;;/h6-7,9H,2-5,8,12H2,1H3,(H,13,15);2*1H/t9-;;/m1../s1. The quantitative estimate of drug-likeness (QED) is 0.788. The minimum Gasteiger partial charge on any atom is -0.383 e. The average molecular weight is 310 g/mol. The molecule has 2 rings (SSSR count). The number of methoxy groups -OCH3 is 1. The first kappa shape index (κ1) is 18.2. The first-order chi connectivity index (χ1) is 8.29. The maximum absolute atomic E-state index is 5.89. The van der Waals surface area contributed by atoms with Gasteiger partial charge in [0.2, 0.25) is 0 Å². The van der Waals surface area contributed by atoms with Gasteiger partial charge in [0, 0.05) is 38.9 Å². The summed E-state index contributed by atoms with van der Waals surface area (Å²) in [7, 11) is 1.68. The lowest BCUT2D eigenvalue weighted by molar-refractivity contribution is 0.210. The van der Waals surface area contributed by atoms with Crippen LogP contribution in [0.1, 0.15) is 6.42 Å². The van der Waals surface area contributed by atoms with Gasteiger partial charge >= 0.3 is 0 Å². The van der Waals surface area contributed by atoms with Crippen LogP contribution in [0.5, 0.6) is 0 Å². The highest BCUT2D eigenvalue weighted by Crippen LogP contribution is 2.20.